The number of aryl methyl sites for hydroxylation is 1. The van der Waals surface area contributed by atoms with Crippen molar-refractivity contribution in [3.8, 4) is 0 Å². The van der Waals surface area contributed by atoms with Gasteiger partial charge in [-0.2, -0.15) is 0 Å². The molecule has 9 heteroatoms. The lowest BCUT2D eigenvalue weighted by Gasteiger charge is -2.30. The highest BCUT2D eigenvalue weighted by molar-refractivity contribution is 8.18. The topological polar surface area (TPSA) is 109 Å². The lowest BCUT2D eigenvalue weighted by molar-refractivity contribution is -0.115. The van der Waals surface area contributed by atoms with Crippen molar-refractivity contribution in [2.45, 2.75) is 51.2 Å². The summed E-state index contributed by atoms with van der Waals surface area (Å²) in [7, 11) is 0. The van der Waals surface area contributed by atoms with Gasteiger partial charge in [-0.25, -0.2) is 9.97 Å². The lowest BCUT2D eigenvalue weighted by Crippen LogP contribution is -2.37. The first kappa shape index (κ1) is 20.5. The Morgan fingerprint density at radius 1 is 1.13 bits per heavy atom. The van der Waals surface area contributed by atoms with Crippen molar-refractivity contribution in [2.24, 2.45) is 0 Å². The SMILES string of the molecule is Cc1ncccc1CNC1CCC(Nc2nccc(C=C3SC(=O)NC3=O)n2)CC1. The highest BCUT2D eigenvalue weighted by Gasteiger charge is 2.25. The second-order valence-corrected chi connectivity index (χ2v) is 8.49. The third-order valence-electron chi connectivity index (χ3n) is 5.36. The molecule has 0 unspecified atom stereocenters. The average molecular weight is 425 g/mol. The molecule has 2 aromatic heterocycles. The van der Waals surface area contributed by atoms with Crippen LogP contribution in [-0.4, -0.2) is 38.2 Å². The maximum atomic E-state index is 11.7. The molecule has 2 aliphatic rings. The summed E-state index contributed by atoms with van der Waals surface area (Å²) < 4.78 is 0. The van der Waals surface area contributed by atoms with Crippen LogP contribution in [0.25, 0.3) is 6.08 Å². The van der Waals surface area contributed by atoms with Gasteiger partial charge in [0.25, 0.3) is 11.1 Å². The van der Waals surface area contributed by atoms with E-state index in [1.807, 2.05) is 19.2 Å². The van der Waals surface area contributed by atoms with Gasteiger partial charge in [0.1, 0.15) is 0 Å². The Morgan fingerprint density at radius 3 is 2.67 bits per heavy atom. The van der Waals surface area contributed by atoms with E-state index in [0.29, 0.717) is 28.6 Å². The molecular weight excluding hydrogens is 400 g/mol. The minimum absolute atomic E-state index is 0.316. The second kappa shape index (κ2) is 9.36. The number of hydrogen-bond acceptors (Lipinski definition) is 8. The number of amides is 2. The summed E-state index contributed by atoms with van der Waals surface area (Å²) >= 11 is 0.884. The smallest absolute Gasteiger partial charge is 0.290 e. The van der Waals surface area contributed by atoms with Gasteiger partial charge in [0.05, 0.1) is 10.6 Å². The van der Waals surface area contributed by atoms with Crippen LogP contribution in [0.1, 0.15) is 42.6 Å². The number of rotatable bonds is 6. The number of carbonyl (C=O) groups is 2. The first-order valence-electron chi connectivity index (χ1n) is 10.0. The zero-order valence-corrected chi connectivity index (χ0v) is 17.5. The van der Waals surface area contributed by atoms with Crippen molar-refractivity contribution in [2.75, 3.05) is 5.32 Å². The van der Waals surface area contributed by atoms with Crippen molar-refractivity contribution in [3.63, 3.8) is 0 Å². The van der Waals surface area contributed by atoms with E-state index in [9.17, 15) is 9.59 Å². The van der Waals surface area contributed by atoms with E-state index in [1.54, 1.807) is 18.3 Å². The number of hydrogen-bond donors (Lipinski definition) is 3. The van der Waals surface area contributed by atoms with Crippen LogP contribution >= 0.6 is 11.8 Å². The van der Waals surface area contributed by atoms with Crippen LogP contribution in [0.15, 0.2) is 35.5 Å². The number of pyridine rings is 1. The van der Waals surface area contributed by atoms with Crippen LogP contribution in [0.4, 0.5) is 10.7 Å². The molecular formula is C21H24N6O2S. The minimum atomic E-state index is -0.384. The molecule has 0 bridgehead atoms. The van der Waals surface area contributed by atoms with Crippen LogP contribution in [0.2, 0.25) is 0 Å². The Hall–Kier alpha value is -2.78. The zero-order chi connectivity index (χ0) is 20.9. The van der Waals surface area contributed by atoms with Crippen LogP contribution in [0.3, 0.4) is 0 Å². The Balaban J connectivity index is 1.28. The van der Waals surface area contributed by atoms with Crippen molar-refractivity contribution >= 4 is 34.9 Å². The summed E-state index contributed by atoms with van der Waals surface area (Å²) in [4.78, 5) is 36.4. The highest BCUT2D eigenvalue weighted by Crippen LogP contribution is 2.25. The zero-order valence-electron chi connectivity index (χ0n) is 16.7. The van der Waals surface area contributed by atoms with Gasteiger partial charge in [0, 0.05) is 36.7 Å². The van der Waals surface area contributed by atoms with Gasteiger partial charge in [-0.1, -0.05) is 6.07 Å². The first-order valence-corrected chi connectivity index (χ1v) is 10.9. The summed E-state index contributed by atoms with van der Waals surface area (Å²) in [5.74, 6) is 0.159. The molecule has 0 radical (unpaired) electrons. The molecule has 0 atom stereocenters. The van der Waals surface area contributed by atoms with E-state index in [-0.39, 0.29) is 11.1 Å². The fraction of sp³-hybridized carbons (Fsp3) is 0.381. The number of anilines is 1. The molecule has 0 aromatic carbocycles. The quantitative estimate of drug-likeness (QED) is 0.607. The summed E-state index contributed by atoms with van der Waals surface area (Å²) in [6, 6.07) is 6.62. The minimum Gasteiger partial charge on any atom is -0.351 e. The number of imide groups is 1. The monoisotopic (exact) mass is 424 g/mol. The van der Waals surface area contributed by atoms with E-state index in [0.717, 1.165) is 49.7 Å². The molecule has 2 amide bonds. The van der Waals surface area contributed by atoms with Crippen LogP contribution in [-0.2, 0) is 11.3 Å². The molecule has 156 valence electrons. The predicted octanol–water partition coefficient (Wildman–Crippen LogP) is 3.02. The van der Waals surface area contributed by atoms with Gasteiger partial charge in [0.2, 0.25) is 5.95 Å². The standard InChI is InChI=1S/C21H24N6O2S/c1-13-14(3-2-9-22-13)12-24-15-4-6-16(7-5-15)25-20-23-10-8-17(26-20)11-18-19(28)27-21(29)30-18/h2-3,8-11,15-16,24H,4-7,12H2,1H3,(H,23,25,26)(H,27,28,29). The van der Waals surface area contributed by atoms with Gasteiger partial charge >= 0.3 is 0 Å². The molecule has 2 aromatic rings. The molecule has 3 heterocycles. The van der Waals surface area contributed by atoms with Gasteiger partial charge in [-0.3, -0.25) is 19.9 Å². The Labute approximate surface area is 179 Å². The van der Waals surface area contributed by atoms with Crippen LogP contribution in [0.5, 0.6) is 0 Å². The Kier molecular flexibility index (Phi) is 6.39. The largest absolute Gasteiger partial charge is 0.351 e. The van der Waals surface area contributed by atoms with Gasteiger partial charge in [0.15, 0.2) is 0 Å². The molecule has 1 aliphatic heterocycles. The summed E-state index contributed by atoms with van der Waals surface area (Å²) in [6.07, 6.45) is 9.32. The van der Waals surface area contributed by atoms with Crippen molar-refractivity contribution < 1.29 is 9.59 Å². The molecule has 1 aliphatic carbocycles. The maximum Gasteiger partial charge on any atom is 0.290 e. The van der Waals surface area contributed by atoms with Crippen molar-refractivity contribution in [3.05, 3.63) is 52.4 Å². The molecule has 3 N–H and O–H groups in total. The van der Waals surface area contributed by atoms with E-state index in [1.165, 1.54) is 5.56 Å². The number of aromatic nitrogens is 3. The molecule has 1 saturated heterocycles. The fourth-order valence-corrected chi connectivity index (χ4v) is 4.33. The van der Waals surface area contributed by atoms with Crippen molar-refractivity contribution in [1.29, 1.82) is 0 Å². The highest BCUT2D eigenvalue weighted by atomic mass is 32.2. The van der Waals surface area contributed by atoms with Gasteiger partial charge in [-0.05, 0) is 68.1 Å². The molecule has 30 heavy (non-hydrogen) atoms. The predicted molar refractivity (Wildman–Crippen MR) is 117 cm³/mol. The van der Waals surface area contributed by atoms with Crippen molar-refractivity contribution in [1.82, 2.24) is 25.6 Å². The van der Waals surface area contributed by atoms with Gasteiger partial charge in [-0.15, -0.1) is 0 Å². The number of nitrogens with zero attached hydrogens (tertiary/aromatic N) is 3. The lowest BCUT2D eigenvalue weighted by atomic mass is 9.91. The molecule has 2 fully saturated rings. The fourth-order valence-electron chi connectivity index (χ4n) is 3.66. The number of nitrogens with one attached hydrogen (secondary N) is 3. The number of thioether (sulfide) groups is 1. The van der Waals surface area contributed by atoms with Crippen LogP contribution in [0, 0.1) is 6.92 Å². The van der Waals surface area contributed by atoms with E-state index in [2.05, 4.69) is 37.0 Å². The maximum absolute atomic E-state index is 11.7. The third kappa shape index (κ3) is 5.22. The molecule has 8 nitrogen and oxygen atoms in total. The van der Waals surface area contributed by atoms with Gasteiger partial charge < -0.3 is 10.6 Å². The first-order chi connectivity index (χ1) is 14.6. The van der Waals surface area contributed by atoms with E-state index < -0.39 is 0 Å². The summed E-state index contributed by atoms with van der Waals surface area (Å²) in [6.45, 7) is 2.88. The molecule has 0 spiro atoms. The normalized spacial score (nSPS) is 22.9. The van der Waals surface area contributed by atoms with Crippen LogP contribution < -0.4 is 16.0 Å². The second-order valence-electron chi connectivity index (χ2n) is 7.48. The average Bonchev–Trinajstić information content (AvgIpc) is 3.05. The number of carbonyl (C=O) groups excluding carboxylic acids is 2. The Morgan fingerprint density at radius 2 is 1.93 bits per heavy atom. The molecule has 1 saturated carbocycles. The van der Waals surface area contributed by atoms with E-state index >= 15 is 0 Å². The Bertz CT molecular complexity index is 971. The third-order valence-corrected chi connectivity index (χ3v) is 6.17. The summed E-state index contributed by atoms with van der Waals surface area (Å²) in [5.41, 5.74) is 2.92. The summed E-state index contributed by atoms with van der Waals surface area (Å²) in [5, 5.41) is 8.94. The molecule has 4 rings (SSSR count). The van der Waals surface area contributed by atoms with E-state index in [4.69, 9.17) is 0 Å².